The zero-order chi connectivity index (χ0) is 6.91. The van der Waals surface area contributed by atoms with Crippen LogP contribution in [0, 0.1) is 6.79 Å². The SMILES string of the molecule is FC(F)(F)C1CO[CH]O1. The van der Waals surface area contributed by atoms with Crippen molar-refractivity contribution in [3.63, 3.8) is 0 Å². The number of rotatable bonds is 0. The summed E-state index contributed by atoms with van der Waals surface area (Å²) >= 11 is 0. The third-order valence-corrected chi connectivity index (χ3v) is 0.901. The largest absolute Gasteiger partial charge is 0.417 e. The van der Waals surface area contributed by atoms with Crippen molar-refractivity contribution in [2.75, 3.05) is 6.61 Å². The van der Waals surface area contributed by atoms with Crippen molar-refractivity contribution >= 4 is 0 Å². The summed E-state index contributed by atoms with van der Waals surface area (Å²) in [4.78, 5) is 0. The Hall–Kier alpha value is -0.290. The second kappa shape index (κ2) is 2.15. The van der Waals surface area contributed by atoms with E-state index in [4.69, 9.17) is 0 Å². The highest BCUT2D eigenvalue weighted by atomic mass is 19.4. The van der Waals surface area contributed by atoms with Gasteiger partial charge in [0.2, 0.25) is 6.79 Å². The summed E-state index contributed by atoms with van der Waals surface area (Å²) < 4.78 is 42.9. The van der Waals surface area contributed by atoms with Gasteiger partial charge in [0, 0.05) is 0 Å². The Morgan fingerprint density at radius 1 is 1.44 bits per heavy atom. The van der Waals surface area contributed by atoms with E-state index in [1.54, 1.807) is 0 Å². The molecule has 1 fully saturated rings. The van der Waals surface area contributed by atoms with Crippen LogP contribution in [0.1, 0.15) is 0 Å². The van der Waals surface area contributed by atoms with Crippen molar-refractivity contribution in [2.24, 2.45) is 0 Å². The molecule has 0 spiro atoms. The number of alkyl halides is 3. The molecule has 1 atom stereocenters. The first-order chi connectivity index (χ1) is 4.11. The first kappa shape index (κ1) is 6.82. The second-order valence-electron chi connectivity index (χ2n) is 1.60. The van der Waals surface area contributed by atoms with Gasteiger partial charge in [0.05, 0.1) is 6.61 Å². The molecule has 2 nitrogen and oxygen atoms in total. The lowest BCUT2D eigenvalue weighted by molar-refractivity contribution is -0.197. The standard InChI is InChI=1S/C4H4F3O2/c5-4(6,7)3-1-8-2-9-3/h2-3H,1H2. The van der Waals surface area contributed by atoms with Gasteiger partial charge in [0.1, 0.15) is 0 Å². The van der Waals surface area contributed by atoms with Gasteiger partial charge >= 0.3 is 6.18 Å². The fraction of sp³-hybridized carbons (Fsp3) is 0.750. The van der Waals surface area contributed by atoms with Crippen LogP contribution in [0.4, 0.5) is 13.2 Å². The Bertz CT molecular complexity index is 94.5. The molecule has 0 saturated carbocycles. The molecule has 1 radical (unpaired) electrons. The molecule has 9 heavy (non-hydrogen) atoms. The van der Waals surface area contributed by atoms with E-state index in [1.165, 1.54) is 0 Å². The molecule has 0 aliphatic carbocycles. The summed E-state index contributed by atoms with van der Waals surface area (Å²) in [7, 11) is 0. The fourth-order valence-corrected chi connectivity index (χ4v) is 0.444. The molecule has 1 rings (SSSR count). The van der Waals surface area contributed by atoms with E-state index in [9.17, 15) is 13.2 Å². The molecule has 1 aliphatic rings. The van der Waals surface area contributed by atoms with Gasteiger partial charge in [-0.2, -0.15) is 13.2 Å². The third kappa shape index (κ3) is 1.56. The normalized spacial score (nSPS) is 29.0. The molecular formula is C4H4F3O2. The molecular weight excluding hydrogens is 137 g/mol. The molecule has 53 valence electrons. The summed E-state index contributed by atoms with van der Waals surface area (Å²) in [5.74, 6) is 0. The summed E-state index contributed by atoms with van der Waals surface area (Å²) in [6.45, 7) is 0.279. The lowest BCUT2D eigenvalue weighted by Crippen LogP contribution is -2.30. The number of ether oxygens (including phenoxy) is 2. The molecule has 1 saturated heterocycles. The van der Waals surface area contributed by atoms with Gasteiger partial charge in [-0.25, -0.2) is 0 Å². The van der Waals surface area contributed by atoms with Crippen LogP contribution in [0.2, 0.25) is 0 Å². The van der Waals surface area contributed by atoms with Gasteiger partial charge in [0.15, 0.2) is 6.10 Å². The summed E-state index contributed by atoms with van der Waals surface area (Å²) in [5.41, 5.74) is 0. The Balaban J connectivity index is 2.42. The number of hydrogen-bond acceptors (Lipinski definition) is 2. The van der Waals surface area contributed by atoms with Crippen LogP contribution in [0.25, 0.3) is 0 Å². The highest BCUT2D eigenvalue weighted by molar-refractivity contribution is 4.71. The van der Waals surface area contributed by atoms with Gasteiger partial charge in [0.25, 0.3) is 0 Å². The maximum absolute atomic E-state index is 11.5. The first-order valence-electron chi connectivity index (χ1n) is 2.26. The van der Waals surface area contributed by atoms with E-state index in [2.05, 4.69) is 9.47 Å². The van der Waals surface area contributed by atoms with Crippen LogP contribution < -0.4 is 0 Å². The van der Waals surface area contributed by atoms with Crippen molar-refractivity contribution in [1.29, 1.82) is 0 Å². The quantitative estimate of drug-likeness (QED) is 0.502. The van der Waals surface area contributed by atoms with Gasteiger partial charge in [-0.05, 0) is 0 Å². The van der Waals surface area contributed by atoms with E-state index in [0.29, 0.717) is 6.79 Å². The average Bonchev–Trinajstić information content (AvgIpc) is 2.08. The zero-order valence-electron chi connectivity index (χ0n) is 4.31. The van der Waals surface area contributed by atoms with E-state index in [0.717, 1.165) is 0 Å². The van der Waals surface area contributed by atoms with E-state index in [1.807, 2.05) is 0 Å². The van der Waals surface area contributed by atoms with E-state index < -0.39 is 18.9 Å². The Kier molecular flexibility index (Phi) is 1.63. The minimum absolute atomic E-state index is 0.427. The van der Waals surface area contributed by atoms with Crippen LogP contribution >= 0.6 is 0 Å². The average molecular weight is 141 g/mol. The molecule has 1 aliphatic heterocycles. The fourth-order valence-electron chi connectivity index (χ4n) is 0.444. The molecule has 0 N–H and O–H groups in total. The summed E-state index contributed by atoms with van der Waals surface area (Å²) in [6.07, 6.45) is -6.06. The van der Waals surface area contributed by atoms with Crippen molar-refractivity contribution in [2.45, 2.75) is 12.3 Å². The van der Waals surface area contributed by atoms with Crippen LogP contribution in [0.3, 0.4) is 0 Å². The highest BCUT2D eigenvalue weighted by Gasteiger charge is 2.43. The van der Waals surface area contributed by atoms with Gasteiger partial charge < -0.3 is 9.47 Å². The Morgan fingerprint density at radius 2 is 2.11 bits per heavy atom. The van der Waals surface area contributed by atoms with Crippen LogP contribution in [-0.2, 0) is 9.47 Å². The lowest BCUT2D eigenvalue weighted by atomic mass is 10.4. The van der Waals surface area contributed by atoms with E-state index in [-0.39, 0.29) is 0 Å². The molecule has 0 amide bonds. The van der Waals surface area contributed by atoms with Crippen molar-refractivity contribution in [3.8, 4) is 0 Å². The second-order valence-corrected chi connectivity index (χ2v) is 1.60. The zero-order valence-corrected chi connectivity index (χ0v) is 4.31. The van der Waals surface area contributed by atoms with Gasteiger partial charge in [-0.3, -0.25) is 0 Å². The van der Waals surface area contributed by atoms with Crippen LogP contribution in [0.5, 0.6) is 0 Å². The molecule has 0 bridgehead atoms. The van der Waals surface area contributed by atoms with E-state index >= 15 is 0 Å². The molecule has 0 aromatic carbocycles. The predicted octanol–water partition coefficient (Wildman–Crippen LogP) is 1.08. The van der Waals surface area contributed by atoms with Crippen LogP contribution in [0.15, 0.2) is 0 Å². The monoisotopic (exact) mass is 141 g/mol. The molecule has 5 heteroatoms. The first-order valence-corrected chi connectivity index (χ1v) is 2.26. The minimum atomic E-state index is -4.30. The lowest BCUT2D eigenvalue weighted by Gasteiger charge is -2.10. The molecule has 0 aromatic heterocycles. The van der Waals surface area contributed by atoms with Crippen LogP contribution in [-0.4, -0.2) is 18.9 Å². The molecule has 1 unspecified atom stereocenters. The van der Waals surface area contributed by atoms with Gasteiger partial charge in [-0.1, -0.05) is 0 Å². The topological polar surface area (TPSA) is 18.5 Å². The maximum Gasteiger partial charge on any atom is 0.417 e. The van der Waals surface area contributed by atoms with Gasteiger partial charge in [-0.15, -0.1) is 0 Å². The van der Waals surface area contributed by atoms with Crippen molar-refractivity contribution in [3.05, 3.63) is 6.79 Å². The molecule has 1 heterocycles. The summed E-state index contributed by atoms with van der Waals surface area (Å²) in [5, 5.41) is 0. The molecule has 0 aromatic rings. The predicted molar refractivity (Wildman–Crippen MR) is 21.2 cm³/mol. The highest BCUT2D eigenvalue weighted by Crippen LogP contribution is 2.26. The number of halogens is 3. The minimum Gasteiger partial charge on any atom is -0.345 e. The Morgan fingerprint density at radius 3 is 2.33 bits per heavy atom. The van der Waals surface area contributed by atoms with Crippen molar-refractivity contribution in [1.82, 2.24) is 0 Å². The Labute approximate surface area is 49.6 Å². The third-order valence-electron chi connectivity index (χ3n) is 0.901. The number of hydrogen-bond donors (Lipinski definition) is 0. The van der Waals surface area contributed by atoms with Crippen molar-refractivity contribution < 1.29 is 22.6 Å². The smallest absolute Gasteiger partial charge is 0.345 e. The maximum atomic E-state index is 11.5. The summed E-state index contributed by atoms with van der Waals surface area (Å²) in [6, 6.07) is 0.